The normalized spacial score (nSPS) is 18.0. The molecule has 2 rings (SSSR count). The molecule has 0 aromatic heterocycles. The second-order valence-corrected chi connectivity index (χ2v) is 3.09. The van der Waals surface area contributed by atoms with Crippen molar-refractivity contribution in [2.75, 3.05) is 39.6 Å². The molecule has 0 aliphatic carbocycles. The molecule has 0 aromatic carbocycles. The molecule has 0 unspecified atom stereocenters. The van der Waals surface area contributed by atoms with Crippen molar-refractivity contribution in [3.63, 3.8) is 0 Å². The average Bonchev–Trinajstić information content (AvgIpc) is 2.94. The van der Waals surface area contributed by atoms with E-state index in [-0.39, 0.29) is 18.7 Å². The lowest BCUT2D eigenvalue weighted by Crippen LogP contribution is -1.85. The molecule has 94 valence electrons. The van der Waals surface area contributed by atoms with Crippen LogP contribution in [0.15, 0.2) is 0 Å². The Kier molecular flexibility index (Phi) is 18.6. The molecule has 0 aromatic rings. The molecule has 5 heteroatoms. The standard InChI is InChI=1S/2C4H8O.C2H6O2.H2O/c2*1-2-4-5-3-1;3-1-2-4;/h2*1-4H2;3-4H,1-2H2;1H2. The zero-order chi connectivity index (χ0) is 10.5. The van der Waals surface area contributed by atoms with Crippen molar-refractivity contribution < 1.29 is 25.2 Å². The van der Waals surface area contributed by atoms with Gasteiger partial charge in [0.1, 0.15) is 0 Å². The molecule has 2 heterocycles. The minimum absolute atomic E-state index is 0. The van der Waals surface area contributed by atoms with Crippen molar-refractivity contribution in [2.24, 2.45) is 0 Å². The van der Waals surface area contributed by atoms with E-state index >= 15 is 0 Å². The summed E-state index contributed by atoms with van der Waals surface area (Å²) in [6.07, 6.45) is 5.11. The molecule has 0 spiro atoms. The topological polar surface area (TPSA) is 90.4 Å². The van der Waals surface area contributed by atoms with Crippen LogP contribution >= 0.6 is 0 Å². The number of hydrogen-bond acceptors (Lipinski definition) is 4. The molecular weight excluding hydrogens is 200 g/mol. The minimum Gasteiger partial charge on any atom is -0.412 e. The second kappa shape index (κ2) is 16.2. The van der Waals surface area contributed by atoms with E-state index in [1.54, 1.807) is 0 Å². The Balaban J connectivity index is 0. The van der Waals surface area contributed by atoms with Crippen LogP contribution in [0.2, 0.25) is 0 Å². The van der Waals surface area contributed by atoms with Gasteiger partial charge in [0.15, 0.2) is 0 Å². The van der Waals surface area contributed by atoms with Gasteiger partial charge in [0.2, 0.25) is 0 Å². The minimum atomic E-state index is -0.125. The van der Waals surface area contributed by atoms with Crippen molar-refractivity contribution in [3.05, 3.63) is 0 Å². The van der Waals surface area contributed by atoms with Gasteiger partial charge in [0, 0.05) is 26.4 Å². The molecule has 2 aliphatic rings. The summed E-state index contributed by atoms with van der Waals surface area (Å²) >= 11 is 0. The highest BCUT2D eigenvalue weighted by Gasteiger charge is 1.95. The largest absolute Gasteiger partial charge is 0.412 e. The lowest BCUT2D eigenvalue weighted by Gasteiger charge is -1.76. The predicted octanol–water partition coefficient (Wildman–Crippen LogP) is -0.260. The van der Waals surface area contributed by atoms with Gasteiger partial charge in [0.25, 0.3) is 0 Å². The van der Waals surface area contributed by atoms with Gasteiger partial charge >= 0.3 is 0 Å². The summed E-state index contributed by atoms with van der Waals surface area (Å²) in [6, 6.07) is 0. The van der Waals surface area contributed by atoms with Crippen LogP contribution in [0, 0.1) is 0 Å². The van der Waals surface area contributed by atoms with Crippen LogP contribution in [-0.2, 0) is 9.47 Å². The highest BCUT2D eigenvalue weighted by atomic mass is 16.5. The summed E-state index contributed by atoms with van der Waals surface area (Å²) in [5.74, 6) is 0. The van der Waals surface area contributed by atoms with Gasteiger partial charge in [0.05, 0.1) is 13.2 Å². The highest BCUT2D eigenvalue weighted by molar-refractivity contribution is 4.44. The summed E-state index contributed by atoms with van der Waals surface area (Å²) in [7, 11) is 0. The SMILES string of the molecule is C1CCOC1.C1CCOC1.O.OCCO. The first-order valence-electron chi connectivity index (χ1n) is 5.29. The fourth-order valence-corrected chi connectivity index (χ4v) is 1.02. The fourth-order valence-electron chi connectivity index (χ4n) is 1.02. The molecule has 4 N–H and O–H groups in total. The molecule has 0 atom stereocenters. The third-order valence-corrected chi connectivity index (χ3v) is 1.75. The third-order valence-electron chi connectivity index (χ3n) is 1.75. The fraction of sp³-hybridized carbons (Fsp3) is 1.00. The summed E-state index contributed by atoms with van der Waals surface area (Å²) < 4.78 is 9.89. The number of hydrogen-bond donors (Lipinski definition) is 2. The first-order valence-corrected chi connectivity index (χ1v) is 5.29. The van der Waals surface area contributed by atoms with Crippen LogP contribution in [0.5, 0.6) is 0 Å². The number of rotatable bonds is 1. The Labute approximate surface area is 91.3 Å². The second-order valence-electron chi connectivity index (χ2n) is 3.09. The van der Waals surface area contributed by atoms with E-state index < -0.39 is 0 Å². The average molecular weight is 224 g/mol. The molecule has 15 heavy (non-hydrogen) atoms. The molecular formula is C10H24O5. The Morgan fingerprint density at radius 2 is 0.933 bits per heavy atom. The van der Waals surface area contributed by atoms with Crippen LogP contribution in [0.3, 0.4) is 0 Å². The summed E-state index contributed by atoms with van der Waals surface area (Å²) in [5, 5.41) is 15.2. The van der Waals surface area contributed by atoms with Gasteiger partial charge in [-0.3, -0.25) is 0 Å². The van der Waals surface area contributed by atoms with Crippen molar-refractivity contribution >= 4 is 0 Å². The maximum absolute atomic E-state index is 7.62. The van der Waals surface area contributed by atoms with E-state index in [9.17, 15) is 0 Å². The van der Waals surface area contributed by atoms with Gasteiger partial charge in [-0.1, -0.05) is 0 Å². The van der Waals surface area contributed by atoms with Crippen LogP contribution < -0.4 is 0 Å². The Morgan fingerprint density at radius 3 is 1.00 bits per heavy atom. The van der Waals surface area contributed by atoms with Gasteiger partial charge < -0.3 is 25.2 Å². The predicted molar refractivity (Wildman–Crippen MR) is 57.9 cm³/mol. The molecule has 2 aliphatic heterocycles. The molecule has 0 radical (unpaired) electrons. The van der Waals surface area contributed by atoms with Crippen molar-refractivity contribution in [1.82, 2.24) is 0 Å². The number of aliphatic hydroxyl groups is 2. The van der Waals surface area contributed by atoms with Crippen LogP contribution in [0.25, 0.3) is 0 Å². The summed E-state index contributed by atoms with van der Waals surface area (Å²) in [5.41, 5.74) is 0. The van der Waals surface area contributed by atoms with Gasteiger partial charge in [-0.05, 0) is 25.7 Å². The maximum atomic E-state index is 7.62. The molecule has 0 saturated carbocycles. The quantitative estimate of drug-likeness (QED) is 0.642. The lowest BCUT2D eigenvalue weighted by atomic mass is 10.4. The maximum Gasteiger partial charge on any atom is 0.0662 e. The summed E-state index contributed by atoms with van der Waals surface area (Å²) in [6.45, 7) is 3.75. The molecule has 5 nitrogen and oxygen atoms in total. The Bertz CT molecular complexity index is 64.6. The lowest BCUT2D eigenvalue weighted by molar-refractivity contribution is 0.186. The molecule has 2 saturated heterocycles. The van der Waals surface area contributed by atoms with Gasteiger partial charge in [-0.15, -0.1) is 0 Å². The number of aliphatic hydroxyl groups excluding tert-OH is 2. The van der Waals surface area contributed by atoms with E-state index in [0.717, 1.165) is 26.4 Å². The van der Waals surface area contributed by atoms with E-state index in [0.29, 0.717) is 0 Å². The Hall–Kier alpha value is -0.200. The molecule has 0 amide bonds. The third kappa shape index (κ3) is 16.5. The zero-order valence-corrected chi connectivity index (χ0v) is 9.28. The summed E-state index contributed by atoms with van der Waals surface area (Å²) in [4.78, 5) is 0. The van der Waals surface area contributed by atoms with E-state index in [4.69, 9.17) is 19.7 Å². The molecule has 0 bridgehead atoms. The van der Waals surface area contributed by atoms with E-state index in [2.05, 4.69) is 0 Å². The van der Waals surface area contributed by atoms with Crippen LogP contribution in [-0.4, -0.2) is 55.3 Å². The van der Waals surface area contributed by atoms with Crippen molar-refractivity contribution in [1.29, 1.82) is 0 Å². The Morgan fingerprint density at radius 1 is 0.667 bits per heavy atom. The zero-order valence-electron chi connectivity index (χ0n) is 9.28. The van der Waals surface area contributed by atoms with E-state index in [1.165, 1.54) is 25.7 Å². The smallest absolute Gasteiger partial charge is 0.0662 e. The first-order chi connectivity index (χ1) is 6.91. The van der Waals surface area contributed by atoms with Gasteiger partial charge in [-0.2, -0.15) is 0 Å². The monoisotopic (exact) mass is 224 g/mol. The van der Waals surface area contributed by atoms with Gasteiger partial charge in [-0.25, -0.2) is 0 Å². The van der Waals surface area contributed by atoms with Crippen LogP contribution in [0.4, 0.5) is 0 Å². The van der Waals surface area contributed by atoms with E-state index in [1.807, 2.05) is 0 Å². The first kappa shape index (κ1) is 17.2. The molecule has 2 fully saturated rings. The van der Waals surface area contributed by atoms with Crippen molar-refractivity contribution in [3.8, 4) is 0 Å². The number of ether oxygens (including phenoxy) is 2. The highest BCUT2D eigenvalue weighted by Crippen LogP contribution is 1.98. The van der Waals surface area contributed by atoms with Crippen LogP contribution in [0.1, 0.15) is 25.7 Å². The van der Waals surface area contributed by atoms with Crippen molar-refractivity contribution in [2.45, 2.75) is 25.7 Å².